The molecule has 5 N–H and O–H groups in total. The molecule has 0 saturated heterocycles. The number of fused-ring (bicyclic) bond motifs is 1. The number of amides is 1. The molecule has 216 valence electrons. The van der Waals surface area contributed by atoms with Gasteiger partial charge in [0.25, 0.3) is 0 Å². The van der Waals surface area contributed by atoms with E-state index in [9.17, 15) is 14.7 Å². The van der Waals surface area contributed by atoms with Crippen molar-refractivity contribution in [2.75, 3.05) is 13.2 Å². The number of ether oxygens (including phenoxy) is 2. The Morgan fingerprint density at radius 1 is 1.20 bits per heavy atom. The third-order valence-corrected chi connectivity index (χ3v) is 7.27. The summed E-state index contributed by atoms with van der Waals surface area (Å²) in [6.07, 6.45) is 4.84. The number of pyridine rings is 1. The number of aryl methyl sites for hydroxylation is 1. The first-order valence-corrected chi connectivity index (χ1v) is 14.0. The number of β-amino-alcohol motifs (C(OH)–C–C–N with tert-alkyl or cyclic N) is 1. The Morgan fingerprint density at radius 2 is 1.98 bits per heavy atom. The summed E-state index contributed by atoms with van der Waals surface area (Å²) in [5, 5.41) is 14.1. The number of hydrogen-bond donors (Lipinski definition) is 4. The zero-order valence-electron chi connectivity index (χ0n) is 23.4. The molecule has 5 rings (SSSR count). The fourth-order valence-electron chi connectivity index (χ4n) is 4.83. The zero-order valence-corrected chi connectivity index (χ0v) is 23.4. The predicted octanol–water partition coefficient (Wildman–Crippen LogP) is 3.77. The van der Waals surface area contributed by atoms with E-state index in [-0.39, 0.29) is 17.8 Å². The monoisotopic (exact) mass is 559 g/mol. The van der Waals surface area contributed by atoms with E-state index in [1.165, 1.54) is 19.0 Å². The Kier molecular flexibility index (Phi) is 8.41. The lowest BCUT2D eigenvalue weighted by atomic mass is 9.94. The highest BCUT2D eigenvalue weighted by Crippen LogP contribution is 2.33. The quantitative estimate of drug-likeness (QED) is 0.184. The summed E-state index contributed by atoms with van der Waals surface area (Å²) < 4.78 is 13.5. The molecular formula is C31H37N5O5. The van der Waals surface area contributed by atoms with E-state index in [4.69, 9.17) is 15.2 Å². The molecule has 4 aromatic rings. The molecular weight excluding hydrogens is 522 g/mol. The van der Waals surface area contributed by atoms with Crippen molar-refractivity contribution < 1.29 is 19.4 Å². The molecule has 0 radical (unpaired) electrons. The summed E-state index contributed by atoms with van der Waals surface area (Å²) in [6, 6.07) is 16.4. The van der Waals surface area contributed by atoms with Gasteiger partial charge in [0, 0.05) is 30.9 Å². The van der Waals surface area contributed by atoms with Gasteiger partial charge in [-0.3, -0.25) is 9.36 Å². The lowest BCUT2D eigenvalue weighted by Gasteiger charge is -2.28. The number of aliphatic hydroxyl groups is 1. The van der Waals surface area contributed by atoms with Gasteiger partial charge in [0.15, 0.2) is 0 Å². The van der Waals surface area contributed by atoms with Crippen LogP contribution in [-0.4, -0.2) is 50.3 Å². The molecule has 2 aromatic heterocycles. The molecule has 10 nitrogen and oxygen atoms in total. The lowest BCUT2D eigenvalue weighted by molar-refractivity contribution is 0.0993. The number of carbonyl (C=O) groups is 1. The van der Waals surface area contributed by atoms with E-state index in [0.717, 1.165) is 29.4 Å². The molecule has 0 aliphatic heterocycles. The molecule has 1 atom stereocenters. The van der Waals surface area contributed by atoms with E-state index >= 15 is 0 Å². The van der Waals surface area contributed by atoms with Crippen molar-refractivity contribution in [2.24, 2.45) is 11.7 Å². The number of hydrogen-bond acceptors (Lipinski definition) is 7. The highest BCUT2D eigenvalue weighted by Gasteiger charge is 2.23. The molecule has 0 bridgehead atoms. The van der Waals surface area contributed by atoms with Gasteiger partial charge in [-0.15, -0.1) is 0 Å². The number of rotatable bonds is 14. The third kappa shape index (κ3) is 7.53. The van der Waals surface area contributed by atoms with Crippen LogP contribution < -0.4 is 26.2 Å². The molecule has 2 aromatic carbocycles. The Bertz CT molecular complexity index is 1540. The summed E-state index contributed by atoms with van der Waals surface area (Å²) >= 11 is 0. The average Bonchev–Trinajstić information content (AvgIpc) is 3.72. The Morgan fingerprint density at radius 3 is 2.66 bits per heavy atom. The van der Waals surface area contributed by atoms with Crippen LogP contribution in [0.4, 0.5) is 0 Å². The van der Waals surface area contributed by atoms with E-state index in [1.807, 2.05) is 42.5 Å². The van der Waals surface area contributed by atoms with Gasteiger partial charge in [-0.1, -0.05) is 31.0 Å². The van der Waals surface area contributed by atoms with Crippen LogP contribution in [-0.2, 0) is 13.0 Å². The number of para-hydroxylation sites is 1. The smallest absolute Gasteiger partial charge is 0.326 e. The summed E-state index contributed by atoms with van der Waals surface area (Å²) in [5.41, 5.74) is 7.74. The number of primary amides is 1. The van der Waals surface area contributed by atoms with Gasteiger partial charge < -0.3 is 30.6 Å². The van der Waals surface area contributed by atoms with Gasteiger partial charge in [-0.05, 0) is 68.5 Å². The number of benzene rings is 2. The van der Waals surface area contributed by atoms with Gasteiger partial charge in [-0.25, -0.2) is 9.78 Å². The second kappa shape index (κ2) is 12.2. The van der Waals surface area contributed by atoms with Crippen LogP contribution in [0.2, 0.25) is 0 Å². The van der Waals surface area contributed by atoms with Gasteiger partial charge in [0.2, 0.25) is 11.8 Å². The molecule has 10 heteroatoms. The number of nitrogens with zero attached hydrogens (tertiary/aromatic N) is 2. The summed E-state index contributed by atoms with van der Waals surface area (Å²) in [6.45, 7) is 5.27. The number of imidazole rings is 1. The van der Waals surface area contributed by atoms with Crippen molar-refractivity contribution in [3.63, 3.8) is 0 Å². The molecule has 2 heterocycles. The van der Waals surface area contributed by atoms with Crippen molar-refractivity contribution in [2.45, 2.75) is 57.7 Å². The first kappa shape index (κ1) is 28.4. The highest BCUT2D eigenvalue weighted by molar-refractivity contribution is 5.92. The maximum atomic E-state index is 12.5. The summed E-state index contributed by atoms with van der Waals surface area (Å²) in [7, 11) is 0. The fourth-order valence-corrected chi connectivity index (χ4v) is 4.83. The van der Waals surface area contributed by atoms with E-state index < -0.39 is 12.0 Å². The normalized spacial score (nSPS) is 14.2. The van der Waals surface area contributed by atoms with Crippen LogP contribution in [0, 0.1) is 5.92 Å². The number of nitrogens with two attached hydrogens (primary N) is 1. The van der Waals surface area contributed by atoms with Gasteiger partial charge >= 0.3 is 5.69 Å². The van der Waals surface area contributed by atoms with Gasteiger partial charge in [0.05, 0.1) is 11.1 Å². The minimum atomic E-state index is -0.737. The number of nitrogens with one attached hydrogen (secondary N) is 2. The SMILES string of the molecule is CC(C)(Cc1ccc(Oc2ccc(C(N)=O)cn2)cc1)NC[C@H](O)COc1cccc2[nH]c(=O)n(CCC3CC3)c12. The van der Waals surface area contributed by atoms with Crippen LogP contribution in [0.25, 0.3) is 11.0 Å². The largest absolute Gasteiger partial charge is 0.489 e. The number of carbonyl (C=O) groups excluding carboxylic acids is 1. The molecule has 1 fully saturated rings. The zero-order chi connectivity index (χ0) is 29.0. The van der Waals surface area contributed by atoms with Crippen molar-refractivity contribution in [3.05, 3.63) is 82.4 Å². The standard InChI is InChI=1S/C31H37N5O5/c1-31(2,16-21-8-11-24(12-9-21)41-27-13-10-22(17-33-27)29(32)38)34-18-23(37)19-40-26-5-3-4-25-28(26)36(30(39)35-25)15-14-20-6-7-20/h3-5,8-13,17,20,23,34,37H,6-7,14-16,18-19H2,1-2H3,(H2,32,38)(H,35,39)/t23-/m0/s1. The minimum absolute atomic E-state index is 0.102. The maximum absolute atomic E-state index is 12.5. The first-order valence-electron chi connectivity index (χ1n) is 14.0. The maximum Gasteiger partial charge on any atom is 0.326 e. The van der Waals surface area contributed by atoms with Crippen LogP contribution in [0.15, 0.2) is 65.6 Å². The van der Waals surface area contributed by atoms with E-state index in [2.05, 4.69) is 29.1 Å². The molecule has 0 unspecified atom stereocenters. The fraction of sp³-hybridized carbons (Fsp3) is 0.387. The molecule has 1 amide bonds. The number of aromatic nitrogens is 3. The molecule has 1 aliphatic rings. The molecule has 0 spiro atoms. The van der Waals surface area contributed by atoms with E-state index in [0.29, 0.717) is 41.9 Å². The number of aromatic amines is 1. The lowest BCUT2D eigenvalue weighted by Crippen LogP contribution is -2.46. The van der Waals surface area contributed by atoms with Crippen LogP contribution in [0.3, 0.4) is 0 Å². The van der Waals surface area contributed by atoms with Crippen molar-refractivity contribution in [1.29, 1.82) is 0 Å². The third-order valence-electron chi connectivity index (χ3n) is 7.27. The van der Waals surface area contributed by atoms with Gasteiger partial charge in [-0.2, -0.15) is 0 Å². The van der Waals surface area contributed by atoms with Gasteiger partial charge in [0.1, 0.15) is 29.7 Å². The Labute approximate surface area is 238 Å². The van der Waals surface area contributed by atoms with Crippen molar-refractivity contribution in [3.8, 4) is 17.4 Å². The summed E-state index contributed by atoms with van der Waals surface area (Å²) in [4.78, 5) is 30.7. The first-order chi connectivity index (χ1) is 19.7. The molecule has 41 heavy (non-hydrogen) atoms. The van der Waals surface area contributed by atoms with E-state index in [1.54, 1.807) is 16.7 Å². The highest BCUT2D eigenvalue weighted by atomic mass is 16.5. The van der Waals surface area contributed by atoms with Crippen molar-refractivity contribution >= 4 is 16.9 Å². The number of H-pyrrole nitrogens is 1. The Hall–Kier alpha value is -4.15. The second-order valence-electron chi connectivity index (χ2n) is 11.4. The number of aliphatic hydroxyl groups excluding tert-OH is 1. The van der Waals surface area contributed by atoms with Crippen molar-refractivity contribution in [1.82, 2.24) is 19.9 Å². The van der Waals surface area contributed by atoms with Crippen LogP contribution in [0.5, 0.6) is 17.4 Å². The van der Waals surface area contributed by atoms with Crippen LogP contribution in [0.1, 0.15) is 49.0 Å². The predicted molar refractivity (Wildman–Crippen MR) is 156 cm³/mol. The molecule has 1 aliphatic carbocycles. The summed E-state index contributed by atoms with van der Waals surface area (Å²) in [5.74, 6) is 1.77. The minimum Gasteiger partial charge on any atom is -0.489 e. The topological polar surface area (TPSA) is 144 Å². The molecule has 1 saturated carbocycles. The average molecular weight is 560 g/mol. The Balaban J connectivity index is 1.11. The van der Waals surface area contributed by atoms with Crippen LogP contribution >= 0.6 is 0 Å². The second-order valence-corrected chi connectivity index (χ2v) is 11.4.